The highest BCUT2D eigenvalue weighted by Crippen LogP contribution is 2.14. The molecule has 1 N–H and O–H groups in total. The molecule has 7 heteroatoms. The summed E-state index contributed by atoms with van der Waals surface area (Å²) in [6, 6.07) is 10.6. The number of amides is 1. The molecule has 0 fully saturated rings. The molecule has 0 bridgehead atoms. The highest BCUT2D eigenvalue weighted by molar-refractivity contribution is 7.99. The van der Waals surface area contributed by atoms with Gasteiger partial charge in [-0.2, -0.15) is 0 Å². The predicted molar refractivity (Wildman–Crippen MR) is 97.0 cm³/mol. The summed E-state index contributed by atoms with van der Waals surface area (Å²) in [5.74, 6) is -0.962. The zero-order chi connectivity index (χ0) is 18.9. The molecule has 0 aliphatic carbocycles. The number of hydrogen-bond acceptors (Lipinski definition) is 4. The van der Waals surface area contributed by atoms with Gasteiger partial charge in [0.15, 0.2) is 0 Å². The minimum atomic E-state index is -0.607. The van der Waals surface area contributed by atoms with Gasteiger partial charge < -0.3 is 10.1 Å². The van der Waals surface area contributed by atoms with Gasteiger partial charge in [-0.15, -0.1) is 11.8 Å². The van der Waals surface area contributed by atoms with Crippen LogP contribution in [0, 0.1) is 11.6 Å². The zero-order valence-electron chi connectivity index (χ0n) is 14.3. The second-order valence-corrected chi connectivity index (χ2v) is 6.47. The maximum Gasteiger partial charge on any atom is 0.337 e. The molecule has 0 atom stereocenters. The molecule has 138 valence electrons. The molecule has 2 rings (SSSR count). The van der Waals surface area contributed by atoms with Gasteiger partial charge in [-0.25, -0.2) is 13.6 Å². The number of benzene rings is 2. The van der Waals surface area contributed by atoms with Crippen molar-refractivity contribution in [1.82, 2.24) is 5.32 Å². The van der Waals surface area contributed by atoms with E-state index in [9.17, 15) is 18.4 Å². The molecule has 1 amide bonds. The fourth-order valence-electron chi connectivity index (χ4n) is 2.27. The Kier molecular flexibility index (Phi) is 7.59. The van der Waals surface area contributed by atoms with Gasteiger partial charge in [0.05, 0.1) is 18.4 Å². The van der Waals surface area contributed by atoms with Crippen LogP contribution >= 0.6 is 11.8 Å². The summed E-state index contributed by atoms with van der Waals surface area (Å²) in [7, 11) is 1.32. The van der Waals surface area contributed by atoms with Crippen molar-refractivity contribution in [3.63, 3.8) is 0 Å². The number of carbonyl (C=O) groups excluding carboxylic acids is 2. The number of rotatable bonds is 8. The van der Waals surface area contributed by atoms with Crippen molar-refractivity contribution >= 4 is 23.6 Å². The van der Waals surface area contributed by atoms with Crippen LogP contribution in [0.25, 0.3) is 0 Å². The Morgan fingerprint density at radius 1 is 1.08 bits per heavy atom. The molecule has 0 unspecified atom stereocenters. The lowest BCUT2D eigenvalue weighted by molar-refractivity contribution is -0.118. The molecule has 4 nitrogen and oxygen atoms in total. The first-order chi connectivity index (χ1) is 12.5. The molecule has 0 heterocycles. The number of nitrogens with one attached hydrogen (secondary N) is 1. The van der Waals surface area contributed by atoms with Gasteiger partial charge >= 0.3 is 5.97 Å². The third kappa shape index (κ3) is 5.84. The van der Waals surface area contributed by atoms with Gasteiger partial charge in [0.1, 0.15) is 11.6 Å². The van der Waals surface area contributed by atoms with Crippen molar-refractivity contribution in [2.75, 3.05) is 19.4 Å². The molecule has 2 aromatic rings. The van der Waals surface area contributed by atoms with Crippen molar-refractivity contribution in [3.05, 3.63) is 70.8 Å². The van der Waals surface area contributed by atoms with Gasteiger partial charge in [0, 0.05) is 17.9 Å². The van der Waals surface area contributed by atoms with Gasteiger partial charge in [0.2, 0.25) is 5.91 Å². The number of carbonyl (C=O) groups is 2. The normalized spacial score (nSPS) is 10.4. The molecule has 0 radical (unpaired) electrons. The molecule has 0 aliphatic heterocycles. The predicted octanol–water partition coefficient (Wildman–Crippen LogP) is 3.34. The Morgan fingerprint density at radius 2 is 1.73 bits per heavy atom. The maximum absolute atomic E-state index is 13.5. The van der Waals surface area contributed by atoms with Gasteiger partial charge in [-0.1, -0.05) is 18.2 Å². The minimum absolute atomic E-state index is 0.0221. The highest BCUT2D eigenvalue weighted by Gasteiger charge is 2.09. The summed E-state index contributed by atoms with van der Waals surface area (Å²) < 4.78 is 31.6. The summed E-state index contributed by atoms with van der Waals surface area (Å²) in [5, 5.41) is 2.65. The lowest BCUT2D eigenvalue weighted by Crippen LogP contribution is -2.27. The van der Waals surface area contributed by atoms with Crippen LogP contribution in [0.4, 0.5) is 8.78 Å². The zero-order valence-corrected chi connectivity index (χ0v) is 15.1. The number of halogens is 2. The van der Waals surface area contributed by atoms with Crippen molar-refractivity contribution in [1.29, 1.82) is 0 Å². The second-order valence-electron chi connectivity index (χ2n) is 5.48. The minimum Gasteiger partial charge on any atom is -0.465 e. The van der Waals surface area contributed by atoms with E-state index < -0.39 is 17.6 Å². The monoisotopic (exact) mass is 379 g/mol. The molecule has 2 aromatic carbocycles. The quantitative estimate of drug-likeness (QED) is 0.715. The summed E-state index contributed by atoms with van der Waals surface area (Å²) in [4.78, 5) is 23.1. The fourth-order valence-corrected chi connectivity index (χ4v) is 3.08. The van der Waals surface area contributed by atoms with Crippen LogP contribution in [0.15, 0.2) is 42.5 Å². The fraction of sp³-hybridized carbons (Fsp3) is 0.263. The van der Waals surface area contributed by atoms with Gasteiger partial charge in [0.25, 0.3) is 0 Å². The van der Waals surface area contributed by atoms with Crippen LogP contribution in [0.1, 0.15) is 21.5 Å². The summed E-state index contributed by atoms with van der Waals surface area (Å²) in [6.07, 6.45) is 0.101. The van der Waals surface area contributed by atoms with Gasteiger partial charge in [-0.05, 0) is 36.2 Å². The first kappa shape index (κ1) is 19.9. The Labute approximate surface area is 154 Å². The first-order valence-electron chi connectivity index (χ1n) is 7.96. The third-order valence-electron chi connectivity index (χ3n) is 3.64. The van der Waals surface area contributed by atoms with E-state index in [2.05, 4.69) is 10.1 Å². The molecule has 0 aromatic heterocycles. The van der Waals surface area contributed by atoms with Crippen LogP contribution in [0.5, 0.6) is 0 Å². The van der Waals surface area contributed by atoms with Crippen molar-refractivity contribution < 1.29 is 23.1 Å². The number of esters is 1. The van der Waals surface area contributed by atoms with Crippen LogP contribution in [-0.2, 0) is 21.7 Å². The lowest BCUT2D eigenvalue weighted by atomic mass is 10.1. The molecule has 26 heavy (non-hydrogen) atoms. The van der Waals surface area contributed by atoms with Crippen molar-refractivity contribution in [2.24, 2.45) is 0 Å². The van der Waals surface area contributed by atoms with Crippen molar-refractivity contribution in [2.45, 2.75) is 12.2 Å². The molecule has 0 aliphatic rings. The Bertz CT molecular complexity index is 746. The Morgan fingerprint density at radius 3 is 2.35 bits per heavy atom. The van der Waals surface area contributed by atoms with E-state index >= 15 is 0 Å². The summed E-state index contributed by atoms with van der Waals surface area (Å²) >= 11 is 1.41. The molecule has 0 saturated carbocycles. The van der Waals surface area contributed by atoms with E-state index in [4.69, 9.17) is 0 Å². The molecular formula is C19H19F2NO3S. The first-order valence-corrected chi connectivity index (χ1v) is 9.11. The van der Waals surface area contributed by atoms with E-state index in [1.165, 1.54) is 37.1 Å². The highest BCUT2D eigenvalue weighted by atomic mass is 32.2. The number of ether oxygens (including phenoxy) is 1. The number of thioether (sulfide) groups is 1. The van der Waals surface area contributed by atoms with Crippen LogP contribution in [-0.4, -0.2) is 31.3 Å². The second kappa shape index (κ2) is 9.91. The van der Waals surface area contributed by atoms with Crippen LogP contribution in [0.2, 0.25) is 0 Å². The molecule has 0 spiro atoms. The van der Waals surface area contributed by atoms with E-state index in [1.54, 1.807) is 24.3 Å². The van der Waals surface area contributed by atoms with E-state index in [1.807, 2.05) is 0 Å². The van der Waals surface area contributed by atoms with E-state index in [0.29, 0.717) is 11.3 Å². The molecular weight excluding hydrogens is 360 g/mol. The van der Waals surface area contributed by atoms with Crippen molar-refractivity contribution in [3.8, 4) is 0 Å². The number of methoxy groups -OCH3 is 1. The Balaban J connectivity index is 1.70. The average molecular weight is 379 g/mol. The SMILES string of the molecule is COC(=O)c1ccc(CSCC(=O)NCCc2c(F)cccc2F)cc1. The lowest BCUT2D eigenvalue weighted by Gasteiger charge is -2.07. The standard InChI is InChI=1S/C19H19F2NO3S/c1-25-19(24)14-7-5-13(6-8-14)11-26-12-18(23)22-10-9-15-16(20)3-2-4-17(15)21/h2-8H,9-12H2,1H3,(H,22,23). The molecule has 0 saturated heterocycles. The van der Waals surface area contributed by atoms with E-state index in [0.717, 1.165) is 5.56 Å². The maximum atomic E-state index is 13.5. The average Bonchev–Trinajstić information content (AvgIpc) is 2.64. The smallest absolute Gasteiger partial charge is 0.337 e. The summed E-state index contributed by atoms with van der Waals surface area (Å²) in [5.41, 5.74) is 1.43. The Hall–Kier alpha value is -2.41. The van der Waals surface area contributed by atoms with Crippen LogP contribution in [0.3, 0.4) is 0 Å². The topological polar surface area (TPSA) is 55.4 Å². The van der Waals surface area contributed by atoms with E-state index in [-0.39, 0.29) is 30.2 Å². The largest absolute Gasteiger partial charge is 0.465 e. The van der Waals surface area contributed by atoms with Crippen LogP contribution < -0.4 is 5.32 Å². The third-order valence-corrected chi connectivity index (χ3v) is 4.64. The number of hydrogen-bond donors (Lipinski definition) is 1. The van der Waals surface area contributed by atoms with Gasteiger partial charge in [-0.3, -0.25) is 4.79 Å². The summed E-state index contributed by atoms with van der Waals surface area (Å²) in [6.45, 7) is 0.172.